The van der Waals surface area contributed by atoms with E-state index in [-0.39, 0.29) is 11.8 Å². The third-order valence-electron chi connectivity index (χ3n) is 2.45. The summed E-state index contributed by atoms with van der Waals surface area (Å²) in [6.45, 7) is 4.58. The van der Waals surface area contributed by atoms with Crippen molar-refractivity contribution < 1.29 is 9.59 Å². The average Bonchev–Trinajstić information content (AvgIpc) is 2.65. The van der Waals surface area contributed by atoms with Crippen LogP contribution in [0.2, 0.25) is 0 Å². The SMILES string of the molecule is CCc1sc(C(=O)NCCCC(N)=O)cc1C. The minimum atomic E-state index is -0.334. The van der Waals surface area contributed by atoms with Crippen LogP contribution in [0.25, 0.3) is 0 Å². The second-order valence-electron chi connectivity index (χ2n) is 3.90. The van der Waals surface area contributed by atoms with Gasteiger partial charge in [0.1, 0.15) is 0 Å². The fourth-order valence-corrected chi connectivity index (χ4v) is 2.56. The van der Waals surface area contributed by atoms with E-state index in [0.717, 1.165) is 11.3 Å². The Morgan fingerprint density at radius 3 is 2.71 bits per heavy atom. The molecule has 0 unspecified atom stereocenters. The van der Waals surface area contributed by atoms with Crippen molar-refractivity contribution in [2.75, 3.05) is 6.54 Å². The lowest BCUT2D eigenvalue weighted by Gasteiger charge is -2.01. The predicted octanol–water partition coefficient (Wildman–Crippen LogP) is 1.61. The predicted molar refractivity (Wildman–Crippen MR) is 69.2 cm³/mol. The topological polar surface area (TPSA) is 72.2 Å². The quantitative estimate of drug-likeness (QED) is 0.757. The fourth-order valence-electron chi connectivity index (χ4n) is 1.53. The molecule has 0 radical (unpaired) electrons. The minimum absolute atomic E-state index is 0.0673. The second kappa shape index (κ2) is 6.39. The summed E-state index contributed by atoms with van der Waals surface area (Å²) in [5.74, 6) is -0.401. The zero-order valence-electron chi connectivity index (χ0n) is 10.2. The third kappa shape index (κ3) is 4.19. The van der Waals surface area contributed by atoms with Crippen LogP contribution in [0.15, 0.2) is 6.07 Å². The van der Waals surface area contributed by atoms with E-state index in [1.807, 2.05) is 13.0 Å². The second-order valence-corrected chi connectivity index (χ2v) is 5.03. The number of rotatable bonds is 6. The summed E-state index contributed by atoms with van der Waals surface area (Å²) in [6, 6.07) is 1.91. The smallest absolute Gasteiger partial charge is 0.261 e. The molecule has 3 N–H and O–H groups in total. The Hall–Kier alpha value is -1.36. The maximum Gasteiger partial charge on any atom is 0.261 e. The first kappa shape index (κ1) is 13.7. The van der Waals surface area contributed by atoms with E-state index in [1.165, 1.54) is 21.8 Å². The van der Waals surface area contributed by atoms with Crippen molar-refractivity contribution in [3.8, 4) is 0 Å². The molecule has 0 atom stereocenters. The number of hydrogen-bond acceptors (Lipinski definition) is 3. The van der Waals surface area contributed by atoms with E-state index in [4.69, 9.17) is 5.73 Å². The van der Waals surface area contributed by atoms with Gasteiger partial charge in [-0.2, -0.15) is 0 Å². The normalized spacial score (nSPS) is 10.2. The van der Waals surface area contributed by atoms with Crippen LogP contribution in [0.3, 0.4) is 0 Å². The lowest BCUT2D eigenvalue weighted by molar-refractivity contribution is -0.118. The lowest BCUT2D eigenvalue weighted by Crippen LogP contribution is -2.24. The number of carbonyl (C=O) groups is 2. The molecule has 5 heteroatoms. The number of nitrogens with two attached hydrogens (primary N) is 1. The largest absolute Gasteiger partial charge is 0.370 e. The number of hydrogen-bond donors (Lipinski definition) is 2. The molecule has 17 heavy (non-hydrogen) atoms. The highest BCUT2D eigenvalue weighted by Gasteiger charge is 2.10. The number of amides is 2. The van der Waals surface area contributed by atoms with Crippen molar-refractivity contribution in [1.29, 1.82) is 0 Å². The molecular formula is C12H18N2O2S. The Bertz CT molecular complexity index is 413. The van der Waals surface area contributed by atoms with Crippen molar-refractivity contribution in [3.63, 3.8) is 0 Å². The minimum Gasteiger partial charge on any atom is -0.370 e. The molecule has 0 saturated heterocycles. The molecule has 1 rings (SSSR count). The van der Waals surface area contributed by atoms with Gasteiger partial charge in [-0.1, -0.05) is 6.92 Å². The van der Waals surface area contributed by atoms with Gasteiger partial charge >= 0.3 is 0 Å². The van der Waals surface area contributed by atoms with Crippen LogP contribution in [-0.4, -0.2) is 18.4 Å². The van der Waals surface area contributed by atoms with Crippen LogP contribution >= 0.6 is 11.3 Å². The van der Waals surface area contributed by atoms with Gasteiger partial charge in [0.25, 0.3) is 5.91 Å². The van der Waals surface area contributed by atoms with Gasteiger partial charge in [0.05, 0.1) is 4.88 Å². The highest BCUT2D eigenvalue weighted by atomic mass is 32.1. The van der Waals surface area contributed by atoms with Gasteiger partial charge < -0.3 is 11.1 Å². The van der Waals surface area contributed by atoms with Crippen LogP contribution in [0.4, 0.5) is 0 Å². The molecule has 4 nitrogen and oxygen atoms in total. The number of carbonyl (C=O) groups excluding carboxylic acids is 2. The zero-order valence-corrected chi connectivity index (χ0v) is 11.0. The first-order valence-electron chi connectivity index (χ1n) is 5.70. The third-order valence-corrected chi connectivity index (χ3v) is 3.83. The van der Waals surface area contributed by atoms with Crippen molar-refractivity contribution in [1.82, 2.24) is 5.32 Å². The first-order chi connectivity index (χ1) is 8.04. The Labute approximate surface area is 105 Å². The van der Waals surface area contributed by atoms with Gasteiger partial charge in [-0.05, 0) is 31.4 Å². The molecule has 0 aliphatic rings. The molecule has 0 aliphatic heterocycles. The Morgan fingerprint density at radius 2 is 2.18 bits per heavy atom. The van der Waals surface area contributed by atoms with E-state index >= 15 is 0 Å². The molecule has 0 aromatic carbocycles. The Balaban J connectivity index is 2.44. The van der Waals surface area contributed by atoms with Gasteiger partial charge in [0.2, 0.25) is 5.91 Å². The molecule has 0 aliphatic carbocycles. The monoisotopic (exact) mass is 254 g/mol. The molecular weight excluding hydrogens is 236 g/mol. The van der Waals surface area contributed by atoms with Gasteiger partial charge in [-0.25, -0.2) is 0 Å². The summed E-state index contributed by atoms with van der Waals surface area (Å²) in [5, 5.41) is 2.78. The van der Waals surface area contributed by atoms with Crippen LogP contribution in [0, 0.1) is 6.92 Å². The fraction of sp³-hybridized carbons (Fsp3) is 0.500. The molecule has 1 aromatic rings. The number of aryl methyl sites for hydroxylation is 2. The van der Waals surface area contributed by atoms with Crippen molar-refractivity contribution in [2.45, 2.75) is 33.1 Å². The summed E-state index contributed by atoms with van der Waals surface area (Å²) in [7, 11) is 0. The van der Waals surface area contributed by atoms with E-state index in [0.29, 0.717) is 19.4 Å². The summed E-state index contributed by atoms with van der Waals surface area (Å²) < 4.78 is 0. The Morgan fingerprint density at radius 1 is 1.47 bits per heavy atom. The highest BCUT2D eigenvalue weighted by Crippen LogP contribution is 2.22. The summed E-state index contributed by atoms with van der Waals surface area (Å²) in [5.41, 5.74) is 6.18. The van der Waals surface area contributed by atoms with Crippen molar-refractivity contribution in [3.05, 3.63) is 21.4 Å². The van der Waals surface area contributed by atoms with Gasteiger partial charge in [-0.3, -0.25) is 9.59 Å². The first-order valence-corrected chi connectivity index (χ1v) is 6.52. The van der Waals surface area contributed by atoms with Crippen molar-refractivity contribution >= 4 is 23.2 Å². The van der Waals surface area contributed by atoms with Gasteiger partial charge in [0.15, 0.2) is 0 Å². The molecule has 0 saturated carbocycles. The number of nitrogens with one attached hydrogen (secondary N) is 1. The molecule has 94 valence electrons. The van der Waals surface area contributed by atoms with E-state index in [9.17, 15) is 9.59 Å². The molecule has 0 fully saturated rings. The summed E-state index contributed by atoms with van der Waals surface area (Å²) in [4.78, 5) is 24.2. The lowest BCUT2D eigenvalue weighted by atomic mass is 10.2. The average molecular weight is 254 g/mol. The summed E-state index contributed by atoms with van der Waals surface area (Å²) in [6.07, 6.45) is 1.85. The summed E-state index contributed by atoms with van der Waals surface area (Å²) >= 11 is 1.53. The molecule has 2 amide bonds. The maximum absolute atomic E-state index is 11.8. The van der Waals surface area contributed by atoms with Gasteiger partial charge in [-0.15, -0.1) is 11.3 Å². The van der Waals surface area contributed by atoms with Crippen molar-refractivity contribution in [2.24, 2.45) is 5.73 Å². The van der Waals surface area contributed by atoms with Crippen LogP contribution in [-0.2, 0) is 11.2 Å². The van der Waals surface area contributed by atoms with Crippen LogP contribution < -0.4 is 11.1 Å². The van der Waals surface area contributed by atoms with Crippen LogP contribution in [0.5, 0.6) is 0 Å². The van der Waals surface area contributed by atoms with E-state index < -0.39 is 0 Å². The van der Waals surface area contributed by atoms with Gasteiger partial charge in [0, 0.05) is 17.8 Å². The molecule has 0 bridgehead atoms. The number of primary amides is 1. The Kier molecular flexibility index (Phi) is 5.15. The maximum atomic E-state index is 11.8. The van der Waals surface area contributed by atoms with E-state index in [2.05, 4.69) is 12.2 Å². The molecule has 1 aromatic heterocycles. The van der Waals surface area contributed by atoms with E-state index in [1.54, 1.807) is 0 Å². The number of thiophene rings is 1. The molecule has 0 spiro atoms. The molecule has 1 heterocycles. The van der Waals surface area contributed by atoms with Crippen LogP contribution in [0.1, 0.15) is 39.9 Å². The standard InChI is InChI=1S/C12H18N2O2S/c1-3-9-8(2)7-10(17-9)12(16)14-6-4-5-11(13)15/h7H,3-6H2,1-2H3,(H2,13,15)(H,14,16). The zero-order chi connectivity index (χ0) is 12.8. The highest BCUT2D eigenvalue weighted by molar-refractivity contribution is 7.14.